The molecule has 26 heavy (non-hydrogen) atoms. The molecule has 0 heterocycles. The van der Waals surface area contributed by atoms with Gasteiger partial charge in [-0.25, -0.2) is 4.79 Å². The molecule has 2 N–H and O–H groups in total. The lowest BCUT2D eigenvalue weighted by Gasteiger charge is -2.23. The molecule has 0 amide bonds. The molecule has 0 bridgehead atoms. The standard InChI is InChI=1S/C16H15N3O7/c1-26-16(21)14(15(20)10-5-3-2-4-6-10)17-12-8-7-11(18(22)23)9-13(12)19(24)25/h2-9,14-15,17,20H,1H3/t14-,15-/m1/s1. The van der Waals surface area contributed by atoms with Crippen LogP contribution in [0.25, 0.3) is 0 Å². The Morgan fingerprint density at radius 2 is 1.77 bits per heavy atom. The number of non-ortho nitro benzene ring substituents is 1. The lowest BCUT2D eigenvalue weighted by Crippen LogP contribution is -2.36. The van der Waals surface area contributed by atoms with E-state index < -0.39 is 39.3 Å². The van der Waals surface area contributed by atoms with Gasteiger partial charge in [0.25, 0.3) is 11.4 Å². The van der Waals surface area contributed by atoms with Crippen LogP contribution in [0.2, 0.25) is 0 Å². The van der Waals surface area contributed by atoms with Crippen molar-refractivity contribution in [2.24, 2.45) is 0 Å². The molecule has 0 saturated heterocycles. The summed E-state index contributed by atoms with van der Waals surface area (Å²) in [7, 11) is 1.11. The molecule has 0 aliphatic rings. The number of carbonyl (C=O) groups is 1. The predicted molar refractivity (Wildman–Crippen MR) is 90.6 cm³/mol. The van der Waals surface area contributed by atoms with Crippen molar-refractivity contribution >= 4 is 23.0 Å². The predicted octanol–water partition coefficient (Wildman–Crippen LogP) is 2.19. The molecule has 2 rings (SSSR count). The Morgan fingerprint density at radius 1 is 1.12 bits per heavy atom. The van der Waals surface area contributed by atoms with E-state index in [-0.39, 0.29) is 5.69 Å². The minimum atomic E-state index is -1.36. The van der Waals surface area contributed by atoms with Crippen LogP contribution >= 0.6 is 0 Å². The fourth-order valence-corrected chi connectivity index (χ4v) is 2.31. The summed E-state index contributed by atoms with van der Waals surface area (Å²) >= 11 is 0. The average Bonchev–Trinajstić information content (AvgIpc) is 2.65. The summed E-state index contributed by atoms with van der Waals surface area (Å²) < 4.78 is 4.65. The zero-order chi connectivity index (χ0) is 19.3. The summed E-state index contributed by atoms with van der Waals surface area (Å²) in [5, 5.41) is 35.1. The van der Waals surface area contributed by atoms with Crippen LogP contribution < -0.4 is 5.32 Å². The van der Waals surface area contributed by atoms with Crippen LogP contribution in [0.5, 0.6) is 0 Å². The van der Waals surface area contributed by atoms with Crippen LogP contribution in [-0.2, 0) is 9.53 Å². The zero-order valence-corrected chi connectivity index (χ0v) is 13.6. The summed E-state index contributed by atoms with van der Waals surface area (Å²) in [6.45, 7) is 0. The fourth-order valence-electron chi connectivity index (χ4n) is 2.31. The number of rotatable bonds is 7. The van der Waals surface area contributed by atoms with Gasteiger partial charge in [-0.1, -0.05) is 30.3 Å². The van der Waals surface area contributed by atoms with Crippen LogP contribution in [0.1, 0.15) is 11.7 Å². The normalized spacial score (nSPS) is 12.7. The Bertz CT molecular complexity index is 826. The summed E-state index contributed by atoms with van der Waals surface area (Å²) in [5.41, 5.74) is -0.847. The highest BCUT2D eigenvalue weighted by atomic mass is 16.6. The SMILES string of the molecule is COC(=O)[C@H](Nc1ccc([N+](=O)[O-])cc1[N+](=O)[O-])[C@H](O)c1ccccc1. The van der Waals surface area contributed by atoms with Gasteiger partial charge in [0.05, 0.1) is 23.0 Å². The molecule has 2 aromatic rings. The maximum atomic E-state index is 12.1. The molecule has 10 nitrogen and oxygen atoms in total. The maximum absolute atomic E-state index is 12.1. The topological polar surface area (TPSA) is 145 Å². The molecule has 0 radical (unpaired) electrons. The summed E-state index contributed by atoms with van der Waals surface area (Å²) in [5.74, 6) is -0.853. The number of aliphatic hydroxyl groups excluding tert-OH is 1. The summed E-state index contributed by atoms with van der Waals surface area (Å²) in [4.78, 5) is 32.5. The first-order valence-corrected chi connectivity index (χ1v) is 7.35. The number of nitrogens with one attached hydrogen (secondary N) is 1. The van der Waals surface area contributed by atoms with Gasteiger partial charge < -0.3 is 15.2 Å². The number of hydrogen-bond donors (Lipinski definition) is 2. The molecular weight excluding hydrogens is 346 g/mol. The first kappa shape index (κ1) is 18.8. The maximum Gasteiger partial charge on any atom is 0.331 e. The van der Waals surface area contributed by atoms with Crippen molar-refractivity contribution in [3.8, 4) is 0 Å². The van der Waals surface area contributed by atoms with Crippen LogP contribution in [0.3, 0.4) is 0 Å². The van der Waals surface area contributed by atoms with E-state index >= 15 is 0 Å². The number of hydrogen-bond acceptors (Lipinski definition) is 8. The number of methoxy groups -OCH3 is 1. The van der Waals surface area contributed by atoms with E-state index in [2.05, 4.69) is 10.1 Å². The highest BCUT2D eigenvalue weighted by Gasteiger charge is 2.31. The van der Waals surface area contributed by atoms with E-state index in [4.69, 9.17) is 0 Å². The van der Waals surface area contributed by atoms with Gasteiger partial charge >= 0.3 is 5.97 Å². The van der Waals surface area contributed by atoms with Crippen LogP contribution in [0.4, 0.5) is 17.1 Å². The molecule has 0 aliphatic carbocycles. The highest BCUT2D eigenvalue weighted by molar-refractivity contribution is 5.82. The van der Waals surface area contributed by atoms with E-state index in [9.17, 15) is 30.1 Å². The van der Waals surface area contributed by atoms with Gasteiger partial charge in [-0.05, 0) is 11.6 Å². The Hall–Kier alpha value is -3.53. The highest BCUT2D eigenvalue weighted by Crippen LogP contribution is 2.31. The Balaban J connectivity index is 2.41. The number of benzene rings is 2. The van der Waals surface area contributed by atoms with Crippen LogP contribution in [0.15, 0.2) is 48.5 Å². The Morgan fingerprint density at radius 3 is 2.31 bits per heavy atom. The molecule has 0 aromatic heterocycles. The molecular formula is C16H15N3O7. The quantitative estimate of drug-likeness (QED) is 0.433. The molecule has 2 atom stereocenters. The summed E-state index contributed by atoms with van der Waals surface area (Å²) in [6, 6.07) is 9.75. The fraction of sp³-hybridized carbons (Fsp3) is 0.188. The lowest BCUT2D eigenvalue weighted by atomic mass is 10.0. The van der Waals surface area contributed by atoms with Crippen molar-refractivity contribution in [2.75, 3.05) is 12.4 Å². The zero-order valence-electron chi connectivity index (χ0n) is 13.6. The van der Waals surface area contributed by atoms with Gasteiger partial charge in [0, 0.05) is 6.07 Å². The van der Waals surface area contributed by atoms with E-state index in [0.29, 0.717) is 5.56 Å². The van der Waals surface area contributed by atoms with Crippen molar-refractivity contribution in [1.82, 2.24) is 0 Å². The van der Waals surface area contributed by atoms with E-state index in [0.717, 1.165) is 25.3 Å². The van der Waals surface area contributed by atoms with Crippen molar-refractivity contribution in [1.29, 1.82) is 0 Å². The third kappa shape index (κ3) is 4.11. The van der Waals surface area contributed by atoms with Gasteiger partial charge in [0.15, 0.2) is 6.04 Å². The third-order valence-electron chi connectivity index (χ3n) is 3.61. The van der Waals surface area contributed by atoms with Crippen molar-refractivity contribution in [3.05, 3.63) is 74.3 Å². The molecule has 136 valence electrons. The monoisotopic (exact) mass is 361 g/mol. The second kappa shape index (κ2) is 8.03. The largest absolute Gasteiger partial charge is 0.467 e. The number of nitro groups is 2. The van der Waals surface area contributed by atoms with Crippen LogP contribution in [-0.4, -0.2) is 34.1 Å². The molecule has 0 fully saturated rings. The van der Waals surface area contributed by atoms with Crippen molar-refractivity contribution in [3.63, 3.8) is 0 Å². The number of aliphatic hydroxyl groups is 1. The lowest BCUT2D eigenvalue weighted by molar-refractivity contribution is -0.393. The van der Waals surface area contributed by atoms with Gasteiger partial charge in [0.2, 0.25) is 0 Å². The molecule has 0 unspecified atom stereocenters. The van der Waals surface area contributed by atoms with Gasteiger partial charge in [0.1, 0.15) is 11.8 Å². The number of carbonyl (C=O) groups excluding carboxylic acids is 1. The second-order valence-corrected chi connectivity index (χ2v) is 5.22. The third-order valence-corrected chi connectivity index (χ3v) is 3.61. The van der Waals surface area contributed by atoms with Gasteiger partial charge in [-0.3, -0.25) is 20.2 Å². The van der Waals surface area contributed by atoms with Gasteiger partial charge in [-0.15, -0.1) is 0 Å². The number of ether oxygens (including phenoxy) is 1. The minimum Gasteiger partial charge on any atom is -0.467 e. The first-order chi connectivity index (χ1) is 12.3. The smallest absolute Gasteiger partial charge is 0.331 e. The number of anilines is 1. The number of esters is 1. The number of nitrogens with zero attached hydrogens (tertiary/aromatic N) is 2. The van der Waals surface area contributed by atoms with Crippen molar-refractivity contribution < 1.29 is 24.5 Å². The van der Waals surface area contributed by atoms with Gasteiger partial charge in [-0.2, -0.15) is 0 Å². The molecule has 0 spiro atoms. The molecule has 10 heteroatoms. The second-order valence-electron chi connectivity index (χ2n) is 5.22. The molecule has 0 saturated carbocycles. The Labute approximate surface area is 147 Å². The molecule has 0 aliphatic heterocycles. The van der Waals surface area contributed by atoms with E-state index in [1.54, 1.807) is 30.3 Å². The van der Waals surface area contributed by atoms with E-state index in [1.807, 2.05) is 0 Å². The van der Waals surface area contributed by atoms with Crippen molar-refractivity contribution in [2.45, 2.75) is 12.1 Å². The first-order valence-electron chi connectivity index (χ1n) is 7.35. The van der Waals surface area contributed by atoms with E-state index in [1.165, 1.54) is 0 Å². The molecule has 2 aromatic carbocycles. The average molecular weight is 361 g/mol. The Kier molecular flexibility index (Phi) is 5.81. The number of nitro benzene ring substituents is 2. The summed E-state index contributed by atoms with van der Waals surface area (Å²) in [6.07, 6.45) is -1.36. The minimum absolute atomic E-state index is 0.161. The van der Waals surface area contributed by atoms with Crippen LogP contribution in [0, 0.1) is 20.2 Å².